The number of amides is 2. The Morgan fingerprint density at radius 3 is 1.50 bits per heavy atom. The summed E-state index contributed by atoms with van der Waals surface area (Å²) < 4.78 is 11.0. The Bertz CT molecular complexity index is 715. The molecular weight excluding hydrogens is 380 g/mol. The summed E-state index contributed by atoms with van der Waals surface area (Å²) in [5.41, 5.74) is 0. The maximum absolute atomic E-state index is 12.1. The summed E-state index contributed by atoms with van der Waals surface area (Å²) in [6.07, 6.45) is 4.42. The van der Waals surface area contributed by atoms with Crippen LogP contribution in [0.5, 0.6) is 11.5 Å². The summed E-state index contributed by atoms with van der Waals surface area (Å²) in [4.78, 5) is 24.3. The monoisotopic (exact) mass is 410 g/mol. The molecule has 1 fully saturated rings. The lowest BCUT2D eigenvalue weighted by atomic mass is 9.79. The van der Waals surface area contributed by atoms with Gasteiger partial charge >= 0.3 is 0 Å². The van der Waals surface area contributed by atoms with Crippen LogP contribution in [0.15, 0.2) is 60.7 Å². The van der Waals surface area contributed by atoms with E-state index in [4.69, 9.17) is 9.47 Å². The highest BCUT2D eigenvalue weighted by atomic mass is 16.5. The van der Waals surface area contributed by atoms with Crippen LogP contribution in [0, 0.1) is 11.8 Å². The topological polar surface area (TPSA) is 76.7 Å². The van der Waals surface area contributed by atoms with E-state index in [1.165, 1.54) is 0 Å². The van der Waals surface area contributed by atoms with E-state index in [9.17, 15) is 9.59 Å². The van der Waals surface area contributed by atoms with Gasteiger partial charge in [-0.2, -0.15) is 0 Å². The van der Waals surface area contributed by atoms with E-state index in [2.05, 4.69) is 10.6 Å². The van der Waals surface area contributed by atoms with Crippen LogP contribution < -0.4 is 20.1 Å². The first-order valence-corrected chi connectivity index (χ1v) is 10.6. The third-order valence-electron chi connectivity index (χ3n) is 5.42. The van der Waals surface area contributed by atoms with Gasteiger partial charge in [0.25, 0.3) is 11.8 Å². The van der Waals surface area contributed by atoms with Crippen LogP contribution in [0.4, 0.5) is 0 Å². The summed E-state index contributed by atoms with van der Waals surface area (Å²) in [5.74, 6) is 1.84. The van der Waals surface area contributed by atoms with Gasteiger partial charge in [0.05, 0.1) is 0 Å². The number of para-hydroxylation sites is 2. The van der Waals surface area contributed by atoms with E-state index in [1.807, 2.05) is 60.7 Å². The Kier molecular flexibility index (Phi) is 8.57. The first kappa shape index (κ1) is 21.7. The van der Waals surface area contributed by atoms with Crippen LogP contribution in [-0.2, 0) is 9.59 Å². The molecule has 30 heavy (non-hydrogen) atoms. The number of hydrogen-bond donors (Lipinski definition) is 2. The van der Waals surface area contributed by atoms with Gasteiger partial charge in [-0.1, -0.05) is 49.2 Å². The number of carbonyl (C=O) groups is 2. The van der Waals surface area contributed by atoms with Crippen molar-refractivity contribution >= 4 is 11.8 Å². The van der Waals surface area contributed by atoms with Crippen molar-refractivity contribution in [1.29, 1.82) is 0 Å². The molecule has 1 aliphatic carbocycles. The van der Waals surface area contributed by atoms with E-state index in [1.54, 1.807) is 0 Å². The molecule has 0 aromatic heterocycles. The van der Waals surface area contributed by atoms with E-state index in [0.29, 0.717) is 36.4 Å². The Morgan fingerprint density at radius 1 is 0.700 bits per heavy atom. The highest BCUT2D eigenvalue weighted by molar-refractivity contribution is 5.78. The van der Waals surface area contributed by atoms with Crippen molar-refractivity contribution in [3.05, 3.63) is 60.7 Å². The van der Waals surface area contributed by atoms with Gasteiger partial charge in [-0.3, -0.25) is 9.59 Å². The van der Waals surface area contributed by atoms with Crippen molar-refractivity contribution in [2.75, 3.05) is 26.3 Å². The number of hydrogen-bond acceptors (Lipinski definition) is 4. The average molecular weight is 411 g/mol. The Labute approximate surface area is 178 Å². The smallest absolute Gasteiger partial charge is 0.257 e. The predicted octanol–water partition coefficient (Wildman–Crippen LogP) is 3.18. The first-order valence-electron chi connectivity index (χ1n) is 10.6. The molecule has 160 valence electrons. The van der Waals surface area contributed by atoms with Crippen LogP contribution in [0.1, 0.15) is 25.7 Å². The quantitative estimate of drug-likeness (QED) is 0.631. The van der Waals surface area contributed by atoms with E-state index in [-0.39, 0.29) is 25.0 Å². The number of nitrogens with one attached hydrogen (secondary N) is 2. The van der Waals surface area contributed by atoms with Crippen LogP contribution in [0.3, 0.4) is 0 Å². The zero-order chi connectivity index (χ0) is 21.0. The Hall–Kier alpha value is -3.02. The fourth-order valence-corrected chi connectivity index (χ4v) is 3.75. The summed E-state index contributed by atoms with van der Waals surface area (Å²) in [6.45, 7) is 1.24. The second-order valence-corrected chi connectivity index (χ2v) is 7.62. The summed E-state index contributed by atoms with van der Waals surface area (Å²) in [6, 6.07) is 18.6. The zero-order valence-electron chi connectivity index (χ0n) is 17.2. The largest absolute Gasteiger partial charge is 0.484 e. The molecule has 6 nitrogen and oxygen atoms in total. The fourth-order valence-electron chi connectivity index (χ4n) is 3.75. The van der Waals surface area contributed by atoms with Crippen LogP contribution >= 0.6 is 0 Å². The lowest BCUT2D eigenvalue weighted by Gasteiger charge is -2.31. The van der Waals surface area contributed by atoms with Gasteiger partial charge in [-0.25, -0.2) is 0 Å². The van der Waals surface area contributed by atoms with E-state index < -0.39 is 0 Å². The van der Waals surface area contributed by atoms with Crippen molar-refractivity contribution in [3.8, 4) is 11.5 Å². The second kappa shape index (κ2) is 11.9. The maximum Gasteiger partial charge on any atom is 0.257 e. The molecule has 0 saturated heterocycles. The molecule has 2 aromatic rings. The average Bonchev–Trinajstić information content (AvgIpc) is 2.80. The molecule has 2 atom stereocenters. The minimum absolute atomic E-state index is 0.00889. The number of carbonyl (C=O) groups excluding carboxylic acids is 2. The summed E-state index contributed by atoms with van der Waals surface area (Å²) in [5, 5.41) is 5.97. The number of rotatable bonds is 10. The molecule has 2 N–H and O–H groups in total. The van der Waals surface area contributed by atoms with Crippen molar-refractivity contribution in [1.82, 2.24) is 10.6 Å². The molecule has 2 unspecified atom stereocenters. The molecule has 0 aliphatic heterocycles. The van der Waals surface area contributed by atoms with Gasteiger partial charge in [-0.05, 0) is 48.9 Å². The van der Waals surface area contributed by atoms with Gasteiger partial charge in [0.15, 0.2) is 13.2 Å². The van der Waals surface area contributed by atoms with Crippen molar-refractivity contribution in [3.63, 3.8) is 0 Å². The minimum atomic E-state index is -0.122. The van der Waals surface area contributed by atoms with Gasteiger partial charge in [-0.15, -0.1) is 0 Å². The molecule has 0 bridgehead atoms. The van der Waals surface area contributed by atoms with Crippen molar-refractivity contribution in [2.45, 2.75) is 25.7 Å². The lowest BCUT2D eigenvalue weighted by molar-refractivity contribution is -0.124. The maximum atomic E-state index is 12.1. The third kappa shape index (κ3) is 7.43. The summed E-state index contributed by atoms with van der Waals surface area (Å²) in [7, 11) is 0. The highest BCUT2D eigenvalue weighted by Gasteiger charge is 2.26. The molecule has 1 saturated carbocycles. The minimum Gasteiger partial charge on any atom is -0.484 e. The molecule has 2 amide bonds. The SMILES string of the molecule is O=C(COc1ccccc1)NCC1CCCCC1CNC(=O)COc1ccccc1. The third-order valence-corrected chi connectivity index (χ3v) is 5.42. The molecule has 2 aromatic carbocycles. The molecule has 6 heteroatoms. The van der Waals surface area contributed by atoms with Gasteiger partial charge < -0.3 is 20.1 Å². The second-order valence-electron chi connectivity index (χ2n) is 7.62. The molecular formula is C24H30N2O4. The molecule has 1 aliphatic rings. The van der Waals surface area contributed by atoms with Crippen molar-refractivity contribution in [2.24, 2.45) is 11.8 Å². The van der Waals surface area contributed by atoms with Gasteiger partial charge in [0, 0.05) is 13.1 Å². The van der Waals surface area contributed by atoms with E-state index in [0.717, 1.165) is 25.7 Å². The Morgan fingerprint density at radius 2 is 1.10 bits per heavy atom. The van der Waals surface area contributed by atoms with Crippen LogP contribution in [0.25, 0.3) is 0 Å². The van der Waals surface area contributed by atoms with Gasteiger partial charge in [0.1, 0.15) is 11.5 Å². The first-order chi connectivity index (χ1) is 14.7. The molecule has 0 heterocycles. The predicted molar refractivity (Wildman–Crippen MR) is 115 cm³/mol. The normalized spacial score (nSPS) is 18.3. The summed E-state index contributed by atoms with van der Waals surface area (Å²) >= 11 is 0. The molecule has 3 rings (SSSR count). The Balaban J connectivity index is 1.36. The van der Waals surface area contributed by atoms with Crippen LogP contribution in [0.2, 0.25) is 0 Å². The highest BCUT2D eigenvalue weighted by Crippen LogP contribution is 2.29. The standard InChI is InChI=1S/C24H30N2O4/c27-23(17-29-21-11-3-1-4-12-21)25-15-19-9-7-8-10-20(19)16-26-24(28)18-30-22-13-5-2-6-14-22/h1-6,11-14,19-20H,7-10,15-18H2,(H,25,27)(H,26,28). The van der Waals surface area contributed by atoms with E-state index >= 15 is 0 Å². The molecule has 0 radical (unpaired) electrons. The van der Waals surface area contributed by atoms with Crippen LogP contribution in [-0.4, -0.2) is 38.1 Å². The fraction of sp³-hybridized carbons (Fsp3) is 0.417. The lowest BCUT2D eigenvalue weighted by Crippen LogP contribution is -2.41. The zero-order valence-corrected chi connectivity index (χ0v) is 17.2. The number of benzene rings is 2. The van der Waals surface area contributed by atoms with Gasteiger partial charge in [0.2, 0.25) is 0 Å². The molecule has 0 spiro atoms. The van der Waals surface area contributed by atoms with Crippen molar-refractivity contribution < 1.29 is 19.1 Å². The number of ether oxygens (including phenoxy) is 2.